The van der Waals surface area contributed by atoms with Crippen LogP contribution in [0, 0.1) is 25.7 Å². The van der Waals surface area contributed by atoms with E-state index >= 15 is 0 Å². The third-order valence-corrected chi connectivity index (χ3v) is 6.35. The lowest BCUT2D eigenvalue weighted by molar-refractivity contribution is -0.130. The van der Waals surface area contributed by atoms with E-state index in [-0.39, 0.29) is 36.1 Å². The van der Waals surface area contributed by atoms with E-state index < -0.39 is 24.1 Å². The van der Waals surface area contributed by atoms with Crippen LogP contribution < -0.4 is 16.0 Å². The summed E-state index contributed by atoms with van der Waals surface area (Å²) in [5.41, 5.74) is 3.44. The van der Waals surface area contributed by atoms with Gasteiger partial charge in [-0.15, -0.1) is 0 Å². The molecule has 0 radical (unpaired) electrons. The maximum absolute atomic E-state index is 13.3. The predicted molar refractivity (Wildman–Crippen MR) is 153 cm³/mol. The average molecular weight is 540 g/mol. The van der Waals surface area contributed by atoms with Crippen LogP contribution in [0.2, 0.25) is 0 Å². The SMILES string of the molecule is Cc1cc(C[C@@H](C)NC(=O)[C@H](CC(C)C)NC(=O)C(CC(C)C)NC(=O)OCc2ccccc2)cc(C)c1O. The first-order valence-electron chi connectivity index (χ1n) is 13.7. The van der Waals surface area contributed by atoms with Crippen LogP contribution in [0.25, 0.3) is 0 Å². The zero-order chi connectivity index (χ0) is 29.1. The van der Waals surface area contributed by atoms with Crippen molar-refractivity contribution in [3.05, 3.63) is 64.7 Å². The largest absolute Gasteiger partial charge is 0.507 e. The Hall–Kier alpha value is -3.55. The molecule has 2 aromatic carbocycles. The van der Waals surface area contributed by atoms with Gasteiger partial charge in [-0.3, -0.25) is 9.59 Å². The zero-order valence-corrected chi connectivity index (χ0v) is 24.3. The third-order valence-electron chi connectivity index (χ3n) is 6.35. The molecule has 3 amide bonds. The van der Waals surface area contributed by atoms with E-state index in [4.69, 9.17) is 4.74 Å². The number of alkyl carbamates (subject to hydrolysis) is 1. The predicted octanol–water partition coefficient (Wildman–Crippen LogP) is 4.93. The second kappa shape index (κ2) is 15.1. The molecule has 214 valence electrons. The molecule has 0 fully saturated rings. The molecule has 3 atom stereocenters. The van der Waals surface area contributed by atoms with Crippen LogP contribution in [0.4, 0.5) is 4.79 Å². The van der Waals surface area contributed by atoms with E-state index in [0.29, 0.717) is 19.3 Å². The molecule has 0 aliphatic rings. The highest BCUT2D eigenvalue weighted by atomic mass is 16.5. The Kier molecular flexibility index (Phi) is 12.3. The summed E-state index contributed by atoms with van der Waals surface area (Å²) < 4.78 is 5.32. The number of aromatic hydroxyl groups is 1. The Bertz CT molecular complexity index is 1080. The van der Waals surface area contributed by atoms with E-state index in [9.17, 15) is 19.5 Å². The minimum Gasteiger partial charge on any atom is -0.507 e. The molecule has 2 aromatic rings. The number of hydrogen-bond acceptors (Lipinski definition) is 5. The fourth-order valence-corrected chi connectivity index (χ4v) is 4.50. The van der Waals surface area contributed by atoms with Gasteiger partial charge in [0.05, 0.1) is 0 Å². The molecular weight excluding hydrogens is 494 g/mol. The first-order chi connectivity index (χ1) is 18.3. The van der Waals surface area contributed by atoms with Crippen molar-refractivity contribution in [2.24, 2.45) is 11.8 Å². The van der Waals surface area contributed by atoms with Gasteiger partial charge in [-0.05, 0) is 74.1 Å². The van der Waals surface area contributed by atoms with Crippen molar-refractivity contribution in [2.45, 2.75) is 92.5 Å². The Morgan fingerprint density at radius 3 is 1.82 bits per heavy atom. The zero-order valence-electron chi connectivity index (χ0n) is 24.3. The van der Waals surface area contributed by atoms with Crippen LogP contribution in [0.3, 0.4) is 0 Å². The average Bonchev–Trinajstić information content (AvgIpc) is 2.85. The number of aryl methyl sites for hydroxylation is 2. The highest BCUT2D eigenvalue weighted by Crippen LogP contribution is 2.23. The summed E-state index contributed by atoms with van der Waals surface area (Å²) >= 11 is 0. The molecule has 0 saturated heterocycles. The molecule has 0 saturated carbocycles. The van der Waals surface area contributed by atoms with Crippen molar-refractivity contribution >= 4 is 17.9 Å². The number of hydrogen-bond donors (Lipinski definition) is 4. The molecule has 0 heterocycles. The lowest BCUT2D eigenvalue weighted by Crippen LogP contribution is -2.55. The highest BCUT2D eigenvalue weighted by Gasteiger charge is 2.29. The van der Waals surface area contributed by atoms with Crippen LogP contribution in [-0.4, -0.2) is 41.1 Å². The second-order valence-corrected chi connectivity index (χ2v) is 11.3. The summed E-state index contributed by atoms with van der Waals surface area (Å²) in [6.07, 6.45) is 0.755. The van der Waals surface area contributed by atoms with Gasteiger partial charge >= 0.3 is 6.09 Å². The van der Waals surface area contributed by atoms with E-state index in [1.807, 2.05) is 90.9 Å². The van der Waals surface area contributed by atoms with Crippen LogP contribution in [0.5, 0.6) is 5.75 Å². The summed E-state index contributed by atoms with van der Waals surface area (Å²) in [5, 5.41) is 18.6. The molecule has 39 heavy (non-hydrogen) atoms. The molecule has 0 aliphatic heterocycles. The number of benzene rings is 2. The maximum atomic E-state index is 13.3. The summed E-state index contributed by atoms with van der Waals surface area (Å²) in [7, 11) is 0. The molecule has 0 aromatic heterocycles. The number of ether oxygens (including phenoxy) is 1. The molecule has 2 rings (SSSR count). The van der Waals surface area contributed by atoms with Gasteiger partial charge < -0.3 is 25.8 Å². The number of amides is 3. The van der Waals surface area contributed by atoms with Gasteiger partial charge in [0.25, 0.3) is 0 Å². The summed E-state index contributed by atoms with van der Waals surface area (Å²) in [6.45, 7) is 13.6. The Labute approximate surface area is 232 Å². The summed E-state index contributed by atoms with van der Waals surface area (Å²) in [5.74, 6) is -0.120. The van der Waals surface area contributed by atoms with Crippen LogP contribution >= 0.6 is 0 Å². The molecule has 8 heteroatoms. The first-order valence-corrected chi connectivity index (χ1v) is 13.7. The van der Waals surface area contributed by atoms with Crippen molar-refractivity contribution in [1.29, 1.82) is 0 Å². The quantitative estimate of drug-likeness (QED) is 0.288. The van der Waals surface area contributed by atoms with E-state index in [0.717, 1.165) is 22.3 Å². The summed E-state index contributed by atoms with van der Waals surface area (Å²) in [6, 6.07) is 11.4. The standard InChI is InChI=1S/C31H45N3O5/c1-19(2)13-26(29(36)32-23(7)17-25-15-21(5)28(35)22(6)16-25)33-30(37)27(14-20(3)4)34-31(38)39-18-24-11-9-8-10-12-24/h8-12,15-16,19-20,23,26-27,35H,13-14,17-18H2,1-7H3,(H,32,36)(H,33,37)(H,34,38)/t23-,26+,27?/m1/s1. The molecule has 1 unspecified atom stereocenters. The fourth-order valence-electron chi connectivity index (χ4n) is 4.50. The number of phenols is 1. The number of carbonyl (C=O) groups excluding carboxylic acids is 3. The Morgan fingerprint density at radius 1 is 0.769 bits per heavy atom. The van der Waals surface area contributed by atoms with Gasteiger partial charge in [0.15, 0.2) is 0 Å². The number of rotatable bonds is 13. The van der Waals surface area contributed by atoms with Gasteiger partial charge in [-0.25, -0.2) is 4.79 Å². The van der Waals surface area contributed by atoms with Crippen LogP contribution in [0.1, 0.15) is 69.7 Å². The summed E-state index contributed by atoms with van der Waals surface area (Å²) in [4.78, 5) is 39.0. The van der Waals surface area contributed by atoms with E-state index in [2.05, 4.69) is 16.0 Å². The topological polar surface area (TPSA) is 117 Å². The lowest BCUT2D eigenvalue weighted by atomic mass is 9.99. The van der Waals surface area contributed by atoms with Crippen molar-refractivity contribution in [3.8, 4) is 5.75 Å². The monoisotopic (exact) mass is 539 g/mol. The first kappa shape index (κ1) is 31.7. The van der Waals surface area contributed by atoms with Crippen molar-refractivity contribution in [1.82, 2.24) is 16.0 Å². The number of carbonyl (C=O) groups is 3. The highest BCUT2D eigenvalue weighted by molar-refractivity contribution is 5.91. The van der Waals surface area contributed by atoms with Gasteiger partial charge in [0, 0.05) is 6.04 Å². The maximum Gasteiger partial charge on any atom is 0.408 e. The molecule has 8 nitrogen and oxygen atoms in total. The van der Waals surface area contributed by atoms with Gasteiger partial charge in [0.1, 0.15) is 24.4 Å². The second-order valence-electron chi connectivity index (χ2n) is 11.3. The number of nitrogens with one attached hydrogen (secondary N) is 3. The van der Waals surface area contributed by atoms with Crippen molar-refractivity contribution in [3.63, 3.8) is 0 Å². The molecule has 0 spiro atoms. The minimum absolute atomic E-state index is 0.0963. The van der Waals surface area contributed by atoms with Crippen molar-refractivity contribution in [2.75, 3.05) is 0 Å². The Balaban J connectivity index is 2.04. The molecular formula is C31H45N3O5. The van der Waals surface area contributed by atoms with E-state index in [1.165, 1.54) is 0 Å². The molecule has 0 bridgehead atoms. The molecule has 0 aliphatic carbocycles. The van der Waals surface area contributed by atoms with Crippen LogP contribution in [0.15, 0.2) is 42.5 Å². The Morgan fingerprint density at radius 2 is 1.28 bits per heavy atom. The fraction of sp³-hybridized carbons (Fsp3) is 0.516. The van der Waals surface area contributed by atoms with Crippen molar-refractivity contribution < 1.29 is 24.2 Å². The van der Waals surface area contributed by atoms with Gasteiger partial charge in [-0.1, -0.05) is 70.2 Å². The van der Waals surface area contributed by atoms with Gasteiger partial charge in [0.2, 0.25) is 11.8 Å². The number of phenolic OH excluding ortho intramolecular Hbond substituents is 1. The minimum atomic E-state index is -0.837. The van der Waals surface area contributed by atoms with Gasteiger partial charge in [-0.2, -0.15) is 0 Å². The third kappa shape index (κ3) is 11.0. The van der Waals surface area contributed by atoms with Crippen LogP contribution in [-0.2, 0) is 27.4 Å². The normalized spacial score (nSPS) is 13.5. The molecule has 4 N–H and O–H groups in total. The van der Waals surface area contributed by atoms with E-state index in [1.54, 1.807) is 0 Å². The lowest BCUT2D eigenvalue weighted by Gasteiger charge is -2.26. The smallest absolute Gasteiger partial charge is 0.408 e.